The van der Waals surface area contributed by atoms with E-state index in [0.29, 0.717) is 12.7 Å². The first-order valence-electron chi connectivity index (χ1n) is 14.5. The molecule has 0 saturated heterocycles. The summed E-state index contributed by atoms with van der Waals surface area (Å²) >= 11 is 1.61. The first-order valence-corrected chi connectivity index (χ1v) is 15.3. The topological polar surface area (TPSA) is 59.4 Å². The molecule has 4 aromatic rings. The lowest BCUT2D eigenvalue weighted by atomic mass is 9.65. The fraction of sp³-hybridized carbons (Fsp3) is 0.394. The van der Waals surface area contributed by atoms with E-state index < -0.39 is 29.4 Å². The molecule has 1 aliphatic carbocycles. The number of carbonyl (C=O) groups is 1. The Kier molecular flexibility index (Phi) is 9.27. The summed E-state index contributed by atoms with van der Waals surface area (Å²) in [6.45, 7) is 4.35. The van der Waals surface area contributed by atoms with Gasteiger partial charge >= 0.3 is 6.18 Å². The van der Waals surface area contributed by atoms with Gasteiger partial charge in [0.15, 0.2) is 0 Å². The molecule has 44 heavy (non-hydrogen) atoms. The number of halogens is 4. The van der Waals surface area contributed by atoms with Crippen LogP contribution in [0, 0.1) is 30.5 Å². The minimum absolute atomic E-state index is 0.0677. The molecule has 5 rings (SSSR count). The van der Waals surface area contributed by atoms with Crippen LogP contribution in [0.2, 0.25) is 0 Å². The van der Waals surface area contributed by atoms with Crippen LogP contribution in [0.3, 0.4) is 0 Å². The van der Waals surface area contributed by atoms with Crippen molar-refractivity contribution in [2.24, 2.45) is 24.8 Å². The molecular weight excluding hydrogens is 592 g/mol. The second kappa shape index (κ2) is 12.8. The molecule has 1 saturated carbocycles. The molecule has 1 unspecified atom stereocenters. The van der Waals surface area contributed by atoms with Crippen LogP contribution in [0.5, 0.6) is 0 Å². The van der Waals surface area contributed by atoms with E-state index in [1.165, 1.54) is 0 Å². The number of hydrogen-bond donors (Lipinski definition) is 1. The number of alkyl halides is 3. The van der Waals surface area contributed by atoms with Crippen LogP contribution < -0.4 is 9.62 Å². The quantitative estimate of drug-likeness (QED) is 0.157. The van der Waals surface area contributed by atoms with E-state index in [0.717, 1.165) is 58.0 Å². The van der Waals surface area contributed by atoms with E-state index in [4.69, 9.17) is 4.74 Å². The fourth-order valence-corrected chi connectivity index (χ4v) is 7.18. The number of ether oxygens (including phenoxy) is 1. The number of nitrogens with one attached hydrogen (secondary N) is 1. The van der Waals surface area contributed by atoms with E-state index in [1.807, 2.05) is 27.9 Å². The second-order valence-corrected chi connectivity index (χ2v) is 12.7. The van der Waals surface area contributed by atoms with Crippen LogP contribution in [0.1, 0.15) is 42.6 Å². The average Bonchev–Trinajstić information content (AvgIpc) is 3.26. The third-order valence-corrected chi connectivity index (χ3v) is 9.75. The molecular formula is C33H36F4N4O2S. The van der Waals surface area contributed by atoms with Crippen molar-refractivity contribution in [1.82, 2.24) is 9.55 Å². The van der Waals surface area contributed by atoms with Gasteiger partial charge in [-0.2, -0.15) is 13.2 Å². The van der Waals surface area contributed by atoms with Crippen molar-refractivity contribution in [3.05, 3.63) is 83.4 Å². The maximum atomic E-state index is 14.6. The summed E-state index contributed by atoms with van der Waals surface area (Å²) in [5.74, 6) is -1.25. The number of fused-ring (bicyclic) bond motifs is 1. The molecule has 1 heterocycles. The average molecular weight is 629 g/mol. The Morgan fingerprint density at radius 1 is 1.11 bits per heavy atom. The van der Waals surface area contributed by atoms with Crippen molar-refractivity contribution in [3.63, 3.8) is 0 Å². The number of imidazole rings is 1. The van der Waals surface area contributed by atoms with Crippen LogP contribution in [-0.4, -0.2) is 36.2 Å². The Morgan fingerprint density at radius 2 is 1.84 bits per heavy atom. The minimum atomic E-state index is -4.67. The predicted molar refractivity (Wildman–Crippen MR) is 166 cm³/mol. The number of carbonyl (C=O) groups excluding carboxylic acids is 1. The highest BCUT2D eigenvalue weighted by Gasteiger charge is 2.42. The maximum Gasteiger partial charge on any atom is 0.416 e. The smallest absolute Gasteiger partial charge is 0.384 e. The van der Waals surface area contributed by atoms with Crippen molar-refractivity contribution in [2.75, 3.05) is 30.4 Å². The van der Waals surface area contributed by atoms with Gasteiger partial charge in [-0.15, -0.1) is 0 Å². The summed E-state index contributed by atoms with van der Waals surface area (Å²) in [5, 5.41) is 2.56. The fourth-order valence-electron chi connectivity index (χ4n) is 6.35. The van der Waals surface area contributed by atoms with Crippen LogP contribution in [0.25, 0.3) is 11.0 Å². The van der Waals surface area contributed by atoms with Crippen LogP contribution in [0.15, 0.2) is 65.6 Å². The number of anilines is 2. The van der Waals surface area contributed by atoms with Crippen molar-refractivity contribution >= 4 is 40.3 Å². The number of hydrogen-bond acceptors (Lipinski definition) is 5. The van der Waals surface area contributed by atoms with Crippen LogP contribution >= 0.6 is 11.9 Å². The summed E-state index contributed by atoms with van der Waals surface area (Å²) in [7, 11) is 5.58. The normalized spacial score (nSPS) is 20.6. The maximum absolute atomic E-state index is 14.6. The van der Waals surface area contributed by atoms with Crippen molar-refractivity contribution < 1.29 is 27.1 Å². The number of aryl methyl sites for hydroxylation is 2. The summed E-state index contributed by atoms with van der Waals surface area (Å²) in [6.07, 6.45) is -3.10. The van der Waals surface area contributed by atoms with Crippen molar-refractivity contribution in [1.29, 1.82) is 0 Å². The number of amides is 1. The second-order valence-electron chi connectivity index (χ2n) is 11.5. The SMILES string of the molecule is COC[C@H]1CC[C@@H](c2ccc(N(C)Sc3ccc4c(c3)nc(C)n4C)cc2)[C@@H](C)C1C(=O)Nc1ccc(C(F)(F)F)cc1F. The van der Waals surface area contributed by atoms with Gasteiger partial charge < -0.3 is 18.9 Å². The highest BCUT2D eigenvalue weighted by atomic mass is 32.2. The Morgan fingerprint density at radius 3 is 2.50 bits per heavy atom. The minimum Gasteiger partial charge on any atom is -0.384 e. The molecule has 1 N–H and O–H groups in total. The number of methoxy groups -OCH3 is 1. The van der Waals surface area contributed by atoms with Crippen molar-refractivity contribution in [2.45, 2.75) is 43.7 Å². The number of rotatable bonds is 8. The molecule has 4 atom stereocenters. The molecule has 1 amide bonds. The Bertz CT molecular complexity index is 1640. The van der Waals surface area contributed by atoms with Gasteiger partial charge in [-0.1, -0.05) is 19.1 Å². The molecule has 0 radical (unpaired) electrons. The summed E-state index contributed by atoms with van der Waals surface area (Å²) in [5.41, 5.74) is 2.79. The first-order chi connectivity index (χ1) is 20.9. The lowest BCUT2D eigenvalue weighted by Crippen LogP contribution is -2.42. The first kappa shape index (κ1) is 31.8. The van der Waals surface area contributed by atoms with Gasteiger partial charge in [0, 0.05) is 44.3 Å². The van der Waals surface area contributed by atoms with Gasteiger partial charge in [-0.3, -0.25) is 4.79 Å². The highest BCUT2D eigenvalue weighted by Crippen LogP contribution is 2.45. The van der Waals surface area contributed by atoms with E-state index in [2.05, 4.69) is 61.6 Å². The summed E-state index contributed by atoms with van der Waals surface area (Å²) in [4.78, 5) is 19.2. The van der Waals surface area contributed by atoms with Gasteiger partial charge in [-0.25, -0.2) is 9.37 Å². The molecule has 3 aromatic carbocycles. The van der Waals surface area contributed by atoms with E-state index >= 15 is 0 Å². The largest absolute Gasteiger partial charge is 0.416 e. The molecule has 0 bridgehead atoms. The van der Waals surface area contributed by atoms with E-state index in [-0.39, 0.29) is 23.4 Å². The zero-order valence-corrected chi connectivity index (χ0v) is 26.1. The van der Waals surface area contributed by atoms with Gasteiger partial charge in [0.25, 0.3) is 0 Å². The standard InChI is InChI=1S/C33H36F4N4O2S/c1-19-26(13-8-22(18-43-5)31(19)32(42)39-28-14-9-23(16-27(28)34)33(35,36)37)21-6-10-24(11-7-21)41(4)44-25-12-15-30-29(17-25)38-20(2)40(30)3/h6-7,9-12,14-17,19,22,26,31H,8,13,18H2,1-5H3,(H,39,42)/t19-,22-,26-,31?/m1/s1. The number of benzene rings is 3. The molecule has 6 nitrogen and oxygen atoms in total. The van der Waals surface area contributed by atoms with Gasteiger partial charge in [0.2, 0.25) is 5.91 Å². The highest BCUT2D eigenvalue weighted by molar-refractivity contribution is 8.00. The zero-order valence-electron chi connectivity index (χ0n) is 25.3. The molecule has 0 spiro atoms. The number of nitrogens with zero attached hydrogens (tertiary/aromatic N) is 3. The number of aromatic nitrogens is 2. The summed E-state index contributed by atoms with van der Waals surface area (Å²) in [6, 6.07) is 16.7. The third kappa shape index (κ3) is 6.58. The molecule has 234 valence electrons. The zero-order chi connectivity index (χ0) is 31.8. The predicted octanol–water partition coefficient (Wildman–Crippen LogP) is 8.21. The molecule has 1 fully saturated rings. The van der Waals surface area contributed by atoms with Gasteiger partial charge in [-0.05, 0) is 104 Å². The van der Waals surface area contributed by atoms with Crippen molar-refractivity contribution in [3.8, 4) is 0 Å². The van der Waals surface area contributed by atoms with E-state index in [9.17, 15) is 22.4 Å². The lowest BCUT2D eigenvalue weighted by Gasteiger charge is -2.41. The monoisotopic (exact) mass is 628 g/mol. The molecule has 0 aliphatic heterocycles. The summed E-state index contributed by atoms with van der Waals surface area (Å²) < 4.78 is 63.1. The Hall–Kier alpha value is -3.57. The molecule has 11 heteroatoms. The Balaban J connectivity index is 1.30. The van der Waals surface area contributed by atoms with E-state index in [1.54, 1.807) is 19.1 Å². The molecule has 1 aliphatic rings. The van der Waals surface area contributed by atoms with Gasteiger partial charge in [0.1, 0.15) is 11.6 Å². The van der Waals surface area contributed by atoms with Crippen LogP contribution in [0.4, 0.5) is 28.9 Å². The third-order valence-electron chi connectivity index (χ3n) is 8.80. The Labute approximate surface area is 258 Å². The molecule has 1 aromatic heterocycles. The van der Waals surface area contributed by atoms with Gasteiger partial charge in [0.05, 0.1) is 22.3 Å². The van der Waals surface area contributed by atoms with Crippen LogP contribution in [-0.2, 0) is 22.8 Å². The lowest BCUT2D eigenvalue weighted by molar-refractivity contribution is -0.137.